The van der Waals surface area contributed by atoms with Crippen molar-refractivity contribution in [3.05, 3.63) is 64.7 Å². The molecule has 2 amide bonds. The third-order valence-corrected chi connectivity index (χ3v) is 4.98. The second-order valence-corrected chi connectivity index (χ2v) is 6.82. The van der Waals surface area contributed by atoms with Gasteiger partial charge in [-0.15, -0.1) is 0 Å². The highest BCUT2D eigenvalue weighted by molar-refractivity contribution is 6.32. The topological polar surface area (TPSA) is 87.7 Å². The molecule has 1 fully saturated rings. The van der Waals surface area contributed by atoms with Crippen molar-refractivity contribution in [2.24, 2.45) is 5.92 Å². The van der Waals surface area contributed by atoms with Gasteiger partial charge < -0.3 is 20.5 Å². The normalized spacial score (nSPS) is 24.4. The molecule has 0 spiro atoms. The number of urea groups is 1. The van der Waals surface area contributed by atoms with E-state index in [4.69, 9.17) is 16.3 Å². The highest BCUT2D eigenvalue weighted by atomic mass is 35.5. The maximum atomic E-state index is 13.9. The Labute approximate surface area is 168 Å². The number of ether oxygens (including phenoxy) is 1. The van der Waals surface area contributed by atoms with E-state index in [0.29, 0.717) is 0 Å². The molecule has 0 radical (unpaired) electrons. The summed E-state index contributed by atoms with van der Waals surface area (Å²) in [6.07, 6.45) is -5.34. The van der Waals surface area contributed by atoms with Gasteiger partial charge in [-0.2, -0.15) is 13.2 Å². The van der Waals surface area contributed by atoms with Crippen molar-refractivity contribution in [1.29, 1.82) is 0 Å². The van der Waals surface area contributed by atoms with E-state index < -0.39 is 35.7 Å². The number of ketones is 1. The molecule has 1 aliphatic heterocycles. The van der Waals surface area contributed by atoms with E-state index in [1.807, 2.05) is 0 Å². The molecule has 1 heterocycles. The van der Waals surface area contributed by atoms with Crippen LogP contribution in [0, 0.1) is 5.92 Å². The van der Waals surface area contributed by atoms with E-state index in [1.54, 1.807) is 6.07 Å². The molecule has 29 heavy (non-hydrogen) atoms. The zero-order chi connectivity index (χ0) is 21.4. The summed E-state index contributed by atoms with van der Waals surface area (Å²) >= 11 is 6.07. The molecule has 3 atom stereocenters. The second kappa shape index (κ2) is 7.57. The predicted molar refractivity (Wildman–Crippen MR) is 97.7 cm³/mol. The number of alkyl halides is 3. The Kier molecular flexibility index (Phi) is 5.46. The Morgan fingerprint density at radius 3 is 2.41 bits per heavy atom. The Bertz CT molecular complexity index is 939. The number of para-hydroxylation sites is 1. The van der Waals surface area contributed by atoms with E-state index >= 15 is 0 Å². The van der Waals surface area contributed by atoms with Crippen LogP contribution in [0.1, 0.15) is 22.0 Å². The summed E-state index contributed by atoms with van der Waals surface area (Å²) < 4.78 is 46.8. The van der Waals surface area contributed by atoms with Gasteiger partial charge in [0.15, 0.2) is 5.78 Å². The average molecular weight is 429 g/mol. The van der Waals surface area contributed by atoms with Crippen molar-refractivity contribution in [3.8, 4) is 5.75 Å². The first-order chi connectivity index (χ1) is 13.6. The van der Waals surface area contributed by atoms with Gasteiger partial charge in [-0.05, 0) is 6.07 Å². The number of carbonyl (C=O) groups excluding carboxylic acids is 2. The number of hydrogen-bond donors (Lipinski definition) is 3. The van der Waals surface area contributed by atoms with Crippen molar-refractivity contribution in [3.63, 3.8) is 0 Å². The lowest BCUT2D eigenvalue weighted by molar-refractivity contribution is -0.287. The Hall–Kier alpha value is -2.78. The van der Waals surface area contributed by atoms with E-state index in [9.17, 15) is 27.9 Å². The minimum absolute atomic E-state index is 0.0169. The maximum absolute atomic E-state index is 13.9. The zero-order valence-corrected chi connectivity index (χ0v) is 15.7. The molecule has 10 heteroatoms. The first-order valence-electron chi connectivity index (χ1n) is 8.39. The van der Waals surface area contributed by atoms with Crippen molar-refractivity contribution in [2.75, 3.05) is 7.11 Å². The molecule has 2 aromatic rings. The van der Waals surface area contributed by atoms with Gasteiger partial charge in [0.2, 0.25) is 5.72 Å². The number of amides is 2. The fraction of sp³-hybridized carbons (Fsp3) is 0.263. The summed E-state index contributed by atoms with van der Waals surface area (Å²) in [4.78, 5) is 25.1. The summed E-state index contributed by atoms with van der Waals surface area (Å²) in [5.41, 5.74) is -3.86. The third-order valence-electron chi connectivity index (χ3n) is 4.68. The molecular formula is C19H16ClF3N2O4. The van der Waals surface area contributed by atoms with Crippen LogP contribution in [0.3, 0.4) is 0 Å². The fourth-order valence-corrected chi connectivity index (χ4v) is 3.63. The van der Waals surface area contributed by atoms with Gasteiger partial charge in [0, 0.05) is 11.1 Å². The standard InChI is InChI=1S/C19H16ClF3N2O4/c1-29-16-11(8-5-9-12(16)20)14-13(15(26)10-6-3-2-4-7-10)18(28,19(21,22)23)25-17(27)24-14/h2-9,13-14,28H,1H3,(H2,24,25,27)/t13-,14+,18-/m1/s1. The maximum Gasteiger partial charge on any atom is 0.437 e. The number of hydrogen-bond acceptors (Lipinski definition) is 4. The van der Waals surface area contributed by atoms with Crippen LogP contribution in [0.4, 0.5) is 18.0 Å². The quantitative estimate of drug-likeness (QED) is 0.651. The second-order valence-electron chi connectivity index (χ2n) is 6.41. The molecule has 1 aliphatic rings. The lowest BCUT2D eigenvalue weighted by atomic mass is 9.77. The molecule has 1 saturated heterocycles. The van der Waals surface area contributed by atoms with Crippen molar-refractivity contribution in [2.45, 2.75) is 17.9 Å². The molecule has 0 aliphatic carbocycles. The molecule has 3 rings (SSSR count). The number of methoxy groups -OCH3 is 1. The van der Waals surface area contributed by atoms with Crippen molar-refractivity contribution in [1.82, 2.24) is 10.6 Å². The predicted octanol–water partition coefficient (Wildman–Crippen LogP) is 3.45. The molecule has 0 bridgehead atoms. The van der Waals surface area contributed by atoms with E-state index in [2.05, 4.69) is 5.32 Å². The number of halogens is 4. The molecule has 2 aromatic carbocycles. The van der Waals surface area contributed by atoms with E-state index in [-0.39, 0.29) is 21.9 Å². The largest absolute Gasteiger partial charge is 0.495 e. The lowest BCUT2D eigenvalue weighted by Gasteiger charge is -2.45. The van der Waals surface area contributed by atoms with Crippen LogP contribution in [0.5, 0.6) is 5.75 Å². The minimum Gasteiger partial charge on any atom is -0.495 e. The van der Waals surface area contributed by atoms with Crippen LogP contribution in [-0.4, -0.2) is 35.9 Å². The first-order valence-corrected chi connectivity index (χ1v) is 8.77. The number of carbonyl (C=O) groups is 2. The van der Waals surface area contributed by atoms with E-state index in [0.717, 1.165) is 0 Å². The highest BCUT2D eigenvalue weighted by Gasteiger charge is 2.66. The van der Waals surface area contributed by atoms with Gasteiger partial charge in [0.1, 0.15) is 11.7 Å². The van der Waals surface area contributed by atoms with Gasteiger partial charge >= 0.3 is 12.2 Å². The Morgan fingerprint density at radius 1 is 1.17 bits per heavy atom. The van der Waals surface area contributed by atoms with Crippen molar-refractivity contribution < 1.29 is 32.6 Å². The Balaban J connectivity index is 2.23. The van der Waals surface area contributed by atoms with Gasteiger partial charge in [-0.25, -0.2) is 4.79 Å². The van der Waals surface area contributed by atoms with Crippen LogP contribution < -0.4 is 15.4 Å². The summed E-state index contributed by atoms with van der Waals surface area (Å²) in [5, 5.41) is 14.4. The third kappa shape index (κ3) is 3.63. The molecule has 154 valence electrons. The zero-order valence-electron chi connectivity index (χ0n) is 15.0. The molecule has 0 saturated carbocycles. The molecule has 6 nitrogen and oxygen atoms in total. The number of aliphatic hydroxyl groups is 1. The summed E-state index contributed by atoms with van der Waals surface area (Å²) in [7, 11) is 1.25. The first kappa shape index (κ1) is 20.9. The summed E-state index contributed by atoms with van der Waals surface area (Å²) in [6, 6.07) is 8.55. The molecular weight excluding hydrogens is 413 g/mol. The summed E-state index contributed by atoms with van der Waals surface area (Å²) in [5.74, 6) is -3.20. The SMILES string of the molecule is COc1c(Cl)cccc1[C@@H]1NC(=O)N[C@](O)(C(F)(F)F)[C@H]1C(=O)c1ccccc1. The van der Waals surface area contributed by atoms with Gasteiger partial charge in [-0.3, -0.25) is 4.79 Å². The average Bonchev–Trinajstić information content (AvgIpc) is 2.66. The van der Waals surface area contributed by atoms with Crippen LogP contribution in [0.25, 0.3) is 0 Å². The van der Waals surface area contributed by atoms with Crippen LogP contribution in [0.15, 0.2) is 48.5 Å². The van der Waals surface area contributed by atoms with Crippen LogP contribution >= 0.6 is 11.6 Å². The minimum atomic E-state index is -5.34. The van der Waals surface area contributed by atoms with Gasteiger partial charge in [0.05, 0.1) is 18.2 Å². The molecule has 0 aromatic heterocycles. The van der Waals surface area contributed by atoms with E-state index in [1.165, 1.54) is 54.9 Å². The molecule has 3 N–H and O–H groups in total. The number of Topliss-reactive ketones (excluding diaryl/α,β-unsaturated/α-hetero) is 1. The van der Waals surface area contributed by atoms with Crippen LogP contribution in [0.2, 0.25) is 5.02 Å². The number of rotatable bonds is 4. The number of benzene rings is 2. The van der Waals surface area contributed by atoms with Crippen molar-refractivity contribution >= 4 is 23.4 Å². The number of nitrogens with one attached hydrogen (secondary N) is 2. The van der Waals surface area contributed by atoms with Gasteiger partial charge in [-0.1, -0.05) is 54.1 Å². The summed E-state index contributed by atoms with van der Waals surface area (Å²) in [6.45, 7) is 0. The highest BCUT2D eigenvalue weighted by Crippen LogP contribution is 2.46. The monoisotopic (exact) mass is 428 g/mol. The van der Waals surface area contributed by atoms with Crippen LogP contribution in [-0.2, 0) is 0 Å². The molecule has 0 unspecified atom stereocenters. The Morgan fingerprint density at radius 2 is 1.83 bits per heavy atom. The smallest absolute Gasteiger partial charge is 0.437 e. The van der Waals surface area contributed by atoms with Gasteiger partial charge in [0.25, 0.3) is 0 Å². The lowest BCUT2D eigenvalue weighted by Crippen LogP contribution is -2.72. The fourth-order valence-electron chi connectivity index (χ4n) is 3.37.